The van der Waals surface area contributed by atoms with Gasteiger partial charge in [-0.3, -0.25) is 4.90 Å². The van der Waals surface area contributed by atoms with Gasteiger partial charge in [0.05, 0.1) is 6.54 Å². The molecule has 1 aliphatic carbocycles. The zero-order chi connectivity index (χ0) is 15.6. The second-order valence-electron chi connectivity index (χ2n) is 7.86. The summed E-state index contributed by atoms with van der Waals surface area (Å²) >= 11 is 0. The van der Waals surface area contributed by atoms with Gasteiger partial charge in [0.15, 0.2) is 0 Å². The Bertz CT molecular complexity index is 452. The van der Waals surface area contributed by atoms with E-state index in [2.05, 4.69) is 57.8 Å². The predicted molar refractivity (Wildman–Crippen MR) is 88.3 cm³/mol. The Labute approximate surface area is 130 Å². The minimum atomic E-state index is 0.139. The summed E-state index contributed by atoms with van der Waals surface area (Å²) in [7, 11) is 0. The first kappa shape index (κ1) is 16.6. The summed E-state index contributed by atoms with van der Waals surface area (Å²) in [6.45, 7) is 16.2. The molecule has 1 aromatic rings. The van der Waals surface area contributed by atoms with E-state index in [1.54, 1.807) is 0 Å². The molecule has 0 aliphatic heterocycles. The fourth-order valence-electron chi connectivity index (χ4n) is 2.49. The number of aryl methyl sites for hydroxylation is 1. The van der Waals surface area contributed by atoms with E-state index in [9.17, 15) is 0 Å². The molecular formula is C18H32N2O. The van der Waals surface area contributed by atoms with E-state index in [0.717, 1.165) is 30.5 Å². The van der Waals surface area contributed by atoms with Crippen molar-refractivity contribution < 1.29 is 4.42 Å². The first-order valence-corrected chi connectivity index (χ1v) is 8.32. The standard InChI is InChI=1S/C18H32N2O/c1-13(2)20(11-15-7-8-15)12-17-9-16(14(3)21-17)10-19-18(4,5)6/h9,13,15,19H,7-8,10-12H2,1-6H3. The number of furan rings is 1. The molecule has 0 aromatic carbocycles. The maximum absolute atomic E-state index is 5.98. The van der Waals surface area contributed by atoms with E-state index in [-0.39, 0.29) is 5.54 Å². The third-order valence-electron chi connectivity index (χ3n) is 4.16. The van der Waals surface area contributed by atoms with Crippen LogP contribution < -0.4 is 5.32 Å². The highest BCUT2D eigenvalue weighted by molar-refractivity contribution is 5.21. The molecule has 120 valence electrons. The van der Waals surface area contributed by atoms with Gasteiger partial charge >= 0.3 is 0 Å². The van der Waals surface area contributed by atoms with Crippen molar-refractivity contribution >= 4 is 0 Å². The van der Waals surface area contributed by atoms with Gasteiger partial charge in [0.25, 0.3) is 0 Å². The molecule has 0 radical (unpaired) electrons. The quantitative estimate of drug-likeness (QED) is 0.820. The third-order valence-corrected chi connectivity index (χ3v) is 4.16. The Kier molecular flexibility index (Phi) is 5.15. The third kappa shape index (κ3) is 5.48. The number of hydrogen-bond acceptors (Lipinski definition) is 3. The molecule has 0 unspecified atom stereocenters. The van der Waals surface area contributed by atoms with E-state index >= 15 is 0 Å². The molecular weight excluding hydrogens is 260 g/mol. The van der Waals surface area contributed by atoms with Gasteiger partial charge in [-0.2, -0.15) is 0 Å². The highest BCUT2D eigenvalue weighted by Gasteiger charge is 2.26. The van der Waals surface area contributed by atoms with Gasteiger partial charge in [-0.05, 0) is 66.4 Å². The Morgan fingerprint density at radius 1 is 1.33 bits per heavy atom. The van der Waals surface area contributed by atoms with Gasteiger partial charge < -0.3 is 9.73 Å². The van der Waals surface area contributed by atoms with Crippen molar-refractivity contribution in [3.63, 3.8) is 0 Å². The molecule has 0 atom stereocenters. The van der Waals surface area contributed by atoms with Crippen LogP contribution in [0.15, 0.2) is 10.5 Å². The normalized spacial score (nSPS) is 16.2. The lowest BCUT2D eigenvalue weighted by Gasteiger charge is -2.25. The Morgan fingerprint density at radius 3 is 2.52 bits per heavy atom. The van der Waals surface area contributed by atoms with Gasteiger partial charge in [-0.1, -0.05) is 0 Å². The van der Waals surface area contributed by atoms with E-state index in [0.29, 0.717) is 6.04 Å². The highest BCUT2D eigenvalue weighted by Crippen LogP contribution is 2.31. The fraction of sp³-hybridized carbons (Fsp3) is 0.778. The van der Waals surface area contributed by atoms with Crippen LogP contribution in [0, 0.1) is 12.8 Å². The van der Waals surface area contributed by atoms with Crippen molar-refractivity contribution in [2.75, 3.05) is 6.54 Å². The predicted octanol–water partition coefficient (Wildman–Crippen LogP) is 4.10. The van der Waals surface area contributed by atoms with Crippen molar-refractivity contribution in [3.05, 3.63) is 23.2 Å². The topological polar surface area (TPSA) is 28.4 Å². The average Bonchev–Trinajstić information content (AvgIpc) is 3.09. The van der Waals surface area contributed by atoms with E-state index in [1.807, 2.05) is 0 Å². The summed E-state index contributed by atoms with van der Waals surface area (Å²) in [5.74, 6) is 3.08. The molecule has 1 fully saturated rings. The van der Waals surface area contributed by atoms with Crippen LogP contribution >= 0.6 is 0 Å². The number of nitrogens with one attached hydrogen (secondary N) is 1. The second-order valence-corrected chi connectivity index (χ2v) is 7.86. The first-order chi connectivity index (χ1) is 9.74. The smallest absolute Gasteiger partial charge is 0.118 e. The minimum absolute atomic E-state index is 0.139. The molecule has 1 aliphatic rings. The van der Waals surface area contributed by atoms with E-state index in [1.165, 1.54) is 24.9 Å². The molecule has 1 aromatic heterocycles. The van der Waals surface area contributed by atoms with Crippen molar-refractivity contribution in [2.24, 2.45) is 5.92 Å². The average molecular weight is 292 g/mol. The molecule has 2 rings (SSSR count). The fourth-order valence-corrected chi connectivity index (χ4v) is 2.49. The van der Waals surface area contributed by atoms with Crippen LogP contribution in [0.25, 0.3) is 0 Å². The van der Waals surface area contributed by atoms with Crippen LogP contribution in [0.2, 0.25) is 0 Å². The first-order valence-electron chi connectivity index (χ1n) is 8.32. The van der Waals surface area contributed by atoms with Crippen LogP contribution in [0.3, 0.4) is 0 Å². The summed E-state index contributed by atoms with van der Waals surface area (Å²) in [6.07, 6.45) is 2.81. The summed E-state index contributed by atoms with van der Waals surface area (Å²) in [5, 5.41) is 3.54. The van der Waals surface area contributed by atoms with Gasteiger partial charge in [-0.25, -0.2) is 0 Å². The molecule has 3 nitrogen and oxygen atoms in total. The minimum Gasteiger partial charge on any atom is -0.465 e. The summed E-state index contributed by atoms with van der Waals surface area (Å²) in [5.41, 5.74) is 1.43. The van der Waals surface area contributed by atoms with Gasteiger partial charge in [0.2, 0.25) is 0 Å². The maximum atomic E-state index is 5.98. The summed E-state index contributed by atoms with van der Waals surface area (Å²) in [4.78, 5) is 2.54. The zero-order valence-electron chi connectivity index (χ0n) is 14.6. The SMILES string of the molecule is Cc1oc(CN(CC2CC2)C(C)C)cc1CNC(C)(C)C. The molecule has 0 saturated heterocycles. The summed E-state index contributed by atoms with van der Waals surface area (Å²) < 4.78 is 5.98. The molecule has 0 spiro atoms. The number of hydrogen-bond donors (Lipinski definition) is 1. The van der Waals surface area contributed by atoms with Gasteiger partial charge in [-0.15, -0.1) is 0 Å². The largest absolute Gasteiger partial charge is 0.465 e. The van der Waals surface area contributed by atoms with Crippen LogP contribution in [0.1, 0.15) is 64.5 Å². The lowest BCUT2D eigenvalue weighted by molar-refractivity contribution is 0.187. The van der Waals surface area contributed by atoms with Crippen LogP contribution in [-0.4, -0.2) is 23.0 Å². The highest BCUT2D eigenvalue weighted by atomic mass is 16.3. The maximum Gasteiger partial charge on any atom is 0.118 e. The number of rotatable bonds is 7. The van der Waals surface area contributed by atoms with Crippen molar-refractivity contribution in [1.82, 2.24) is 10.2 Å². The zero-order valence-corrected chi connectivity index (χ0v) is 14.6. The second kappa shape index (κ2) is 6.53. The monoisotopic (exact) mass is 292 g/mol. The molecule has 0 bridgehead atoms. The Balaban J connectivity index is 1.96. The Hall–Kier alpha value is -0.800. The van der Waals surface area contributed by atoms with Crippen molar-refractivity contribution in [2.45, 2.75) is 79.1 Å². The van der Waals surface area contributed by atoms with Crippen LogP contribution in [-0.2, 0) is 13.1 Å². The van der Waals surface area contributed by atoms with Gasteiger partial charge in [0, 0.05) is 30.2 Å². The van der Waals surface area contributed by atoms with Crippen molar-refractivity contribution in [1.29, 1.82) is 0 Å². The molecule has 3 heteroatoms. The van der Waals surface area contributed by atoms with E-state index < -0.39 is 0 Å². The van der Waals surface area contributed by atoms with Crippen LogP contribution in [0.5, 0.6) is 0 Å². The van der Waals surface area contributed by atoms with Gasteiger partial charge in [0.1, 0.15) is 11.5 Å². The van der Waals surface area contributed by atoms with Crippen molar-refractivity contribution in [3.8, 4) is 0 Å². The van der Waals surface area contributed by atoms with Crippen LogP contribution in [0.4, 0.5) is 0 Å². The molecule has 0 amide bonds. The molecule has 1 N–H and O–H groups in total. The number of nitrogens with zero attached hydrogens (tertiary/aromatic N) is 1. The Morgan fingerprint density at radius 2 is 2.00 bits per heavy atom. The lowest BCUT2D eigenvalue weighted by Crippen LogP contribution is -2.35. The summed E-state index contributed by atoms with van der Waals surface area (Å²) in [6, 6.07) is 2.81. The molecule has 1 saturated carbocycles. The molecule has 1 heterocycles. The lowest BCUT2D eigenvalue weighted by atomic mass is 10.1. The molecule has 21 heavy (non-hydrogen) atoms. The van der Waals surface area contributed by atoms with E-state index in [4.69, 9.17) is 4.42 Å².